The van der Waals surface area contributed by atoms with Crippen molar-refractivity contribution in [3.8, 4) is 11.8 Å². The minimum absolute atomic E-state index is 0.0519. The summed E-state index contributed by atoms with van der Waals surface area (Å²) in [5.74, 6) is -4.24. The molecule has 0 radical (unpaired) electrons. The second-order valence-electron chi connectivity index (χ2n) is 17.0. The van der Waals surface area contributed by atoms with Crippen molar-refractivity contribution in [2.45, 2.75) is 126 Å². The summed E-state index contributed by atoms with van der Waals surface area (Å²) < 4.78 is 83.6. The van der Waals surface area contributed by atoms with E-state index in [0.29, 0.717) is 50.3 Å². The zero-order chi connectivity index (χ0) is 42.6. The van der Waals surface area contributed by atoms with Crippen LogP contribution in [0.25, 0.3) is 10.8 Å². The molecule has 58 heavy (non-hydrogen) atoms. The molecule has 7 atom stereocenters. The van der Waals surface area contributed by atoms with Gasteiger partial charge in [-0.25, -0.2) is 13.2 Å². The third kappa shape index (κ3) is 8.04. The molecule has 6 rings (SSSR count). The molecule has 3 fully saturated rings. The second kappa shape index (κ2) is 15.5. The molecule has 4 aliphatic rings. The Bertz CT molecular complexity index is 2090. The Hall–Kier alpha value is -4.61. The molecule has 3 heterocycles. The SMILES string of the molecule is CC[C@@H]1C[C@H](C)CC/C=C\[C@@H]2C[C@@]2(C(=O)NS(=O)(=O)C2(C)CC2)NC(=O)[C@@H]2C[C@@H](Oc3nc(OC)cc4ccccc34)CN2C(=O)[C@H]1N(C(=O)O)C(C)(C)C(F)(F)F. The fraction of sp³-hybridized carbons (Fsp3) is 0.625. The number of nitrogens with one attached hydrogen (secondary N) is 2. The smallest absolute Gasteiger partial charge is 0.411 e. The molecule has 0 spiro atoms. The zero-order valence-corrected chi connectivity index (χ0v) is 34.3. The quantitative estimate of drug-likeness (QED) is 0.271. The monoisotopic (exact) mass is 835 g/mol. The topological polar surface area (TPSA) is 185 Å². The number of halogens is 3. The first-order valence-corrected chi connectivity index (χ1v) is 21.1. The van der Waals surface area contributed by atoms with E-state index in [-0.39, 0.29) is 54.8 Å². The van der Waals surface area contributed by atoms with Crippen LogP contribution in [-0.2, 0) is 24.4 Å². The zero-order valence-electron chi connectivity index (χ0n) is 33.5. The standard InChI is InChI=1S/C40H52F3N5O9S/c1-7-24-18-23(2)12-8-10-14-26-21-39(26,35(51)46-58(54,55)38(5)16-17-38)45-32(49)29-20-27(57-33-28-15-11-9-13-25(28)19-30(44-33)56-6)22-47(29)34(50)31(24)48(36(52)53)37(3,4)40(41,42)43/h9-11,13-15,19,23-24,26-27,29,31H,7-8,12,16-18,20-22H2,1-6H3,(H,45,49)(H,46,51)(H,52,53)/b14-10-/t23-,24-,26-,27-,29+,31+,39-/m1/s1. The lowest BCUT2D eigenvalue weighted by Gasteiger charge is -2.46. The van der Waals surface area contributed by atoms with Gasteiger partial charge in [0.15, 0.2) is 0 Å². The van der Waals surface area contributed by atoms with Crippen LogP contribution in [0.15, 0.2) is 42.5 Å². The molecule has 2 aliphatic heterocycles. The van der Waals surface area contributed by atoms with Gasteiger partial charge in [-0.15, -0.1) is 0 Å². The van der Waals surface area contributed by atoms with Crippen LogP contribution in [-0.4, -0.2) is 106 Å². The van der Waals surface area contributed by atoms with Crippen LogP contribution in [0.1, 0.15) is 86.0 Å². The Labute approximate surface area is 335 Å². The number of amides is 4. The molecule has 2 saturated carbocycles. The van der Waals surface area contributed by atoms with Gasteiger partial charge < -0.3 is 24.8 Å². The number of aromatic nitrogens is 1. The Morgan fingerprint density at radius 2 is 1.84 bits per heavy atom. The number of fused-ring (bicyclic) bond motifs is 3. The maximum absolute atomic E-state index is 15.1. The lowest BCUT2D eigenvalue weighted by atomic mass is 9.82. The predicted molar refractivity (Wildman–Crippen MR) is 206 cm³/mol. The van der Waals surface area contributed by atoms with Crippen LogP contribution in [0.3, 0.4) is 0 Å². The molecule has 1 saturated heterocycles. The lowest BCUT2D eigenvalue weighted by molar-refractivity contribution is -0.222. The van der Waals surface area contributed by atoms with Crippen LogP contribution < -0.4 is 19.5 Å². The van der Waals surface area contributed by atoms with Crippen molar-refractivity contribution in [3.63, 3.8) is 0 Å². The van der Waals surface area contributed by atoms with Gasteiger partial charge in [0, 0.05) is 23.8 Å². The van der Waals surface area contributed by atoms with Crippen LogP contribution >= 0.6 is 0 Å². The van der Waals surface area contributed by atoms with E-state index in [1.165, 1.54) is 14.0 Å². The molecule has 2 aliphatic carbocycles. The number of benzene rings is 1. The summed E-state index contributed by atoms with van der Waals surface area (Å²) in [7, 11) is -2.70. The molecule has 318 valence electrons. The molecule has 14 nitrogen and oxygen atoms in total. The van der Waals surface area contributed by atoms with Crippen LogP contribution in [0.2, 0.25) is 0 Å². The number of hydrogen-bond acceptors (Lipinski definition) is 9. The molecular weight excluding hydrogens is 784 g/mol. The number of carbonyl (C=O) groups is 4. The first-order chi connectivity index (χ1) is 27.1. The minimum atomic E-state index is -5.09. The van der Waals surface area contributed by atoms with Crippen LogP contribution in [0, 0.1) is 17.8 Å². The number of pyridine rings is 1. The summed E-state index contributed by atoms with van der Waals surface area (Å²) in [6, 6.07) is 5.42. The second-order valence-corrected chi connectivity index (χ2v) is 19.2. The first kappa shape index (κ1) is 43.0. The van der Waals surface area contributed by atoms with Crippen molar-refractivity contribution in [1.29, 1.82) is 0 Å². The van der Waals surface area contributed by atoms with E-state index < -0.39 is 85.9 Å². The number of carboxylic acid groups (broad SMARTS) is 1. The summed E-state index contributed by atoms with van der Waals surface area (Å²) in [6.07, 6.45) is -2.65. The number of carbonyl (C=O) groups excluding carboxylic acids is 3. The van der Waals surface area contributed by atoms with Crippen molar-refractivity contribution in [2.24, 2.45) is 17.8 Å². The van der Waals surface area contributed by atoms with Gasteiger partial charge in [0.05, 0.1) is 18.4 Å². The van der Waals surface area contributed by atoms with Crippen molar-refractivity contribution in [1.82, 2.24) is 24.8 Å². The largest absolute Gasteiger partial charge is 0.481 e. The number of alkyl halides is 3. The average molecular weight is 836 g/mol. The Morgan fingerprint density at radius 1 is 1.16 bits per heavy atom. The first-order valence-electron chi connectivity index (χ1n) is 19.6. The molecule has 0 bridgehead atoms. The van der Waals surface area contributed by atoms with Crippen molar-refractivity contribution >= 4 is 44.6 Å². The van der Waals surface area contributed by atoms with Crippen molar-refractivity contribution in [3.05, 3.63) is 42.5 Å². The summed E-state index contributed by atoms with van der Waals surface area (Å²) in [4.78, 5) is 62.4. The maximum Gasteiger partial charge on any atom is 0.411 e. The van der Waals surface area contributed by atoms with E-state index in [9.17, 15) is 41.1 Å². The fourth-order valence-corrected chi connectivity index (χ4v) is 9.58. The highest BCUT2D eigenvalue weighted by molar-refractivity contribution is 7.91. The van der Waals surface area contributed by atoms with Gasteiger partial charge in [-0.2, -0.15) is 18.2 Å². The van der Waals surface area contributed by atoms with Crippen molar-refractivity contribution in [2.75, 3.05) is 13.7 Å². The van der Waals surface area contributed by atoms with E-state index in [1.807, 2.05) is 13.0 Å². The van der Waals surface area contributed by atoms with Crippen LogP contribution in [0.4, 0.5) is 18.0 Å². The van der Waals surface area contributed by atoms with E-state index in [0.717, 1.165) is 4.90 Å². The Kier molecular flexibility index (Phi) is 11.5. The molecular formula is C40H52F3N5O9S. The number of allylic oxidation sites excluding steroid dienone is 1. The Balaban J connectivity index is 1.45. The highest BCUT2D eigenvalue weighted by atomic mass is 32.2. The van der Waals surface area contributed by atoms with Gasteiger partial charge in [0.1, 0.15) is 29.3 Å². The van der Waals surface area contributed by atoms with Crippen molar-refractivity contribution < 1.29 is 55.3 Å². The van der Waals surface area contributed by atoms with Crippen LogP contribution in [0.5, 0.6) is 11.8 Å². The third-order valence-electron chi connectivity index (χ3n) is 12.5. The summed E-state index contributed by atoms with van der Waals surface area (Å²) >= 11 is 0. The van der Waals surface area contributed by atoms with Gasteiger partial charge >= 0.3 is 12.3 Å². The number of nitrogens with zero attached hydrogens (tertiary/aromatic N) is 3. The normalized spacial score (nSPS) is 29.5. The molecule has 18 heteroatoms. The van der Waals surface area contributed by atoms with E-state index >= 15 is 4.79 Å². The molecule has 1 aromatic carbocycles. The average Bonchev–Trinajstić information content (AvgIpc) is 4.03. The number of methoxy groups -OCH3 is 1. The van der Waals surface area contributed by atoms with E-state index in [4.69, 9.17) is 9.47 Å². The highest BCUT2D eigenvalue weighted by Gasteiger charge is 2.64. The molecule has 0 unspecified atom stereocenters. The maximum atomic E-state index is 15.1. The van der Waals surface area contributed by atoms with Gasteiger partial charge in [-0.3, -0.25) is 24.0 Å². The molecule has 1 aromatic heterocycles. The molecule has 2 aromatic rings. The number of ether oxygens (including phenoxy) is 2. The summed E-state index contributed by atoms with van der Waals surface area (Å²) in [5, 5.41) is 14.6. The molecule has 4 amide bonds. The van der Waals surface area contributed by atoms with Gasteiger partial charge in [0.25, 0.3) is 5.91 Å². The van der Waals surface area contributed by atoms with Gasteiger partial charge in [0.2, 0.25) is 33.6 Å². The summed E-state index contributed by atoms with van der Waals surface area (Å²) in [6.45, 7) is 6.11. The highest BCUT2D eigenvalue weighted by Crippen LogP contribution is 2.48. The van der Waals surface area contributed by atoms with Gasteiger partial charge in [-0.05, 0) is 82.6 Å². The lowest BCUT2D eigenvalue weighted by Crippen LogP contribution is -2.66. The fourth-order valence-electron chi connectivity index (χ4n) is 8.27. The van der Waals surface area contributed by atoms with E-state index in [2.05, 4.69) is 15.0 Å². The Morgan fingerprint density at radius 3 is 2.47 bits per heavy atom. The summed E-state index contributed by atoms with van der Waals surface area (Å²) in [5.41, 5.74) is -4.75. The van der Waals surface area contributed by atoms with E-state index in [1.54, 1.807) is 43.3 Å². The van der Waals surface area contributed by atoms with Gasteiger partial charge in [-0.1, -0.05) is 50.6 Å². The predicted octanol–water partition coefficient (Wildman–Crippen LogP) is 5.56. The number of rotatable bonds is 9. The number of hydrogen-bond donors (Lipinski definition) is 3. The third-order valence-corrected chi connectivity index (χ3v) is 14.7. The number of sulfonamides is 1. The minimum Gasteiger partial charge on any atom is -0.481 e. The molecule has 3 N–H and O–H groups in total.